The molecule has 0 saturated heterocycles. The van der Waals surface area contributed by atoms with Gasteiger partial charge in [-0.15, -0.1) is 0 Å². The van der Waals surface area contributed by atoms with Gasteiger partial charge in [-0.3, -0.25) is 0 Å². The molecule has 3 saturated carbocycles. The summed E-state index contributed by atoms with van der Waals surface area (Å²) in [7, 11) is 0. The highest BCUT2D eigenvalue weighted by Gasteiger charge is 2.29. The summed E-state index contributed by atoms with van der Waals surface area (Å²) in [6, 6.07) is 0.629. The second-order valence-electron chi connectivity index (χ2n) is 10.1. The van der Waals surface area contributed by atoms with E-state index in [-0.39, 0.29) is 0 Å². The van der Waals surface area contributed by atoms with Gasteiger partial charge in [0.25, 0.3) is 0 Å². The zero-order valence-electron chi connectivity index (χ0n) is 17.7. The van der Waals surface area contributed by atoms with E-state index in [1.165, 1.54) is 116 Å². The lowest BCUT2D eigenvalue weighted by Gasteiger charge is -2.35. The molecule has 27 heavy (non-hydrogen) atoms. The van der Waals surface area contributed by atoms with Crippen molar-refractivity contribution in [3.8, 4) is 0 Å². The Bertz CT molecular complexity index is 492. The number of dihydropyridines is 1. The fourth-order valence-corrected chi connectivity index (χ4v) is 6.33. The topological polar surface area (TPSA) is 12.0 Å². The van der Waals surface area contributed by atoms with Crippen molar-refractivity contribution in [2.24, 2.45) is 17.8 Å². The van der Waals surface area contributed by atoms with Crippen molar-refractivity contribution in [3.05, 3.63) is 23.4 Å². The Morgan fingerprint density at radius 3 is 1.59 bits per heavy atom. The summed E-state index contributed by atoms with van der Waals surface area (Å²) in [5.41, 5.74) is 3.39. The Morgan fingerprint density at radius 2 is 1.04 bits per heavy atom. The van der Waals surface area contributed by atoms with Crippen LogP contribution in [0.15, 0.2) is 23.4 Å². The van der Waals surface area contributed by atoms with Crippen LogP contribution in [-0.2, 0) is 0 Å². The van der Waals surface area contributed by atoms with E-state index in [9.17, 15) is 0 Å². The first-order valence-electron chi connectivity index (χ1n) is 12.6. The highest BCUT2D eigenvalue weighted by Crippen LogP contribution is 2.38. The van der Waals surface area contributed by atoms with Crippen LogP contribution < -0.4 is 5.32 Å². The summed E-state index contributed by atoms with van der Waals surface area (Å²) in [4.78, 5) is 0. The first kappa shape index (κ1) is 19.6. The maximum absolute atomic E-state index is 4.12. The first-order chi connectivity index (χ1) is 13.4. The van der Waals surface area contributed by atoms with Crippen LogP contribution in [0.2, 0.25) is 0 Å². The van der Waals surface area contributed by atoms with E-state index in [2.05, 4.69) is 17.5 Å². The van der Waals surface area contributed by atoms with Gasteiger partial charge in [-0.05, 0) is 67.9 Å². The van der Waals surface area contributed by atoms with Crippen LogP contribution in [0, 0.1) is 17.8 Å². The van der Waals surface area contributed by atoms with Crippen LogP contribution in [0.4, 0.5) is 0 Å². The van der Waals surface area contributed by atoms with E-state index in [1.54, 1.807) is 11.3 Å². The zero-order valence-corrected chi connectivity index (χ0v) is 17.7. The molecule has 1 heteroatoms. The Hall–Kier alpha value is -0.720. The van der Waals surface area contributed by atoms with E-state index < -0.39 is 0 Å². The van der Waals surface area contributed by atoms with Crippen LogP contribution >= 0.6 is 0 Å². The SMILES string of the molecule is C1=C(C2CCCCCC2)C=C(C2CCCCCC2)NC1C1CCCCCC1. The molecule has 152 valence electrons. The normalized spacial score (nSPS) is 30.4. The Labute approximate surface area is 168 Å². The summed E-state index contributed by atoms with van der Waals surface area (Å²) in [5.74, 6) is 2.54. The van der Waals surface area contributed by atoms with Crippen molar-refractivity contribution in [1.29, 1.82) is 0 Å². The Kier molecular flexibility index (Phi) is 7.38. The van der Waals surface area contributed by atoms with Gasteiger partial charge >= 0.3 is 0 Å². The molecule has 1 unspecified atom stereocenters. The molecule has 0 aromatic heterocycles. The van der Waals surface area contributed by atoms with E-state index >= 15 is 0 Å². The third-order valence-electron chi connectivity index (χ3n) is 8.06. The monoisotopic (exact) mass is 369 g/mol. The lowest BCUT2D eigenvalue weighted by molar-refractivity contribution is 0.354. The molecule has 0 aromatic carbocycles. The highest BCUT2D eigenvalue weighted by atomic mass is 14.9. The first-order valence-corrected chi connectivity index (χ1v) is 12.6. The van der Waals surface area contributed by atoms with Gasteiger partial charge < -0.3 is 5.32 Å². The summed E-state index contributed by atoms with van der Waals surface area (Å²) >= 11 is 0. The molecule has 0 spiro atoms. The van der Waals surface area contributed by atoms with Crippen molar-refractivity contribution in [1.82, 2.24) is 5.32 Å². The molecule has 0 radical (unpaired) electrons. The highest BCUT2D eigenvalue weighted by molar-refractivity contribution is 5.33. The number of rotatable bonds is 3. The molecule has 3 fully saturated rings. The molecule has 1 aliphatic heterocycles. The van der Waals surface area contributed by atoms with Gasteiger partial charge in [0.2, 0.25) is 0 Å². The van der Waals surface area contributed by atoms with Gasteiger partial charge in [0, 0.05) is 11.7 Å². The minimum Gasteiger partial charge on any atom is -0.382 e. The molecule has 1 N–H and O–H groups in total. The third kappa shape index (κ3) is 5.42. The van der Waals surface area contributed by atoms with Gasteiger partial charge in [0.05, 0.1) is 0 Å². The van der Waals surface area contributed by atoms with E-state index in [1.807, 2.05) is 0 Å². The molecule has 1 heterocycles. The molecule has 4 rings (SSSR count). The number of nitrogens with one attached hydrogen (secondary N) is 1. The van der Waals surface area contributed by atoms with Crippen molar-refractivity contribution < 1.29 is 0 Å². The van der Waals surface area contributed by atoms with Crippen LogP contribution in [-0.4, -0.2) is 6.04 Å². The molecule has 3 aliphatic carbocycles. The number of hydrogen-bond donors (Lipinski definition) is 1. The fraction of sp³-hybridized carbons (Fsp3) is 0.846. The molecule has 0 bridgehead atoms. The Morgan fingerprint density at radius 1 is 0.556 bits per heavy atom. The van der Waals surface area contributed by atoms with Gasteiger partial charge in [0.15, 0.2) is 0 Å². The molecular weight excluding hydrogens is 326 g/mol. The van der Waals surface area contributed by atoms with Crippen LogP contribution in [0.5, 0.6) is 0 Å². The molecule has 0 aromatic rings. The van der Waals surface area contributed by atoms with E-state index in [0.717, 1.165) is 17.8 Å². The smallest absolute Gasteiger partial charge is 0.0475 e. The van der Waals surface area contributed by atoms with Crippen LogP contribution in [0.1, 0.15) is 116 Å². The largest absolute Gasteiger partial charge is 0.382 e. The fourth-order valence-electron chi connectivity index (χ4n) is 6.33. The van der Waals surface area contributed by atoms with Crippen molar-refractivity contribution in [2.45, 2.75) is 122 Å². The minimum absolute atomic E-state index is 0.629. The summed E-state index contributed by atoms with van der Waals surface area (Å²) in [5, 5.41) is 4.12. The lowest BCUT2D eigenvalue weighted by Crippen LogP contribution is -2.39. The van der Waals surface area contributed by atoms with Crippen molar-refractivity contribution in [2.75, 3.05) is 0 Å². The van der Waals surface area contributed by atoms with Crippen LogP contribution in [0.25, 0.3) is 0 Å². The Balaban J connectivity index is 1.55. The minimum atomic E-state index is 0.629. The third-order valence-corrected chi connectivity index (χ3v) is 8.06. The average molecular weight is 370 g/mol. The molecule has 4 aliphatic rings. The summed E-state index contributed by atoms with van der Waals surface area (Å²) < 4.78 is 0. The second kappa shape index (κ2) is 10.2. The molecule has 0 amide bonds. The predicted octanol–water partition coefficient (Wildman–Crippen LogP) is 7.68. The predicted molar refractivity (Wildman–Crippen MR) is 117 cm³/mol. The average Bonchev–Trinajstić information content (AvgIpc) is 3.23. The standard InChI is InChI=1S/C26H43N/c1-2-8-14-21(13-7-1)24-19-25(22-15-9-3-4-10-16-22)27-26(20-24)23-17-11-5-6-12-18-23/h19-23,25,27H,1-18H2. The molecular formula is C26H43N. The number of allylic oxidation sites excluding steroid dienone is 3. The van der Waals surface area contributed by atoms with Gasteiger partial charge in [0.1, 0.15) is 0 Å². The second-order valence-corrected chi connectivity index (χ2v) is 10.1. The van der Waals surface area contributed by atoms with Crippen LogP contribution in [0.3, 0.4) is 0 Å². The van der Waals surface area contributed by atoms with E-state index in [4.69, 9.17) is 0 Å². The van der Waals surface area contributed by atoms with Crippen molar-refractivity contribution in [3.63, 3.8) is 0 Å². The maximum Gasteiger partial charge on any atom is 0.0475 e. The molecule has 1 atom stereocenters. The summed E-state index contributed by atoms with van der Waals surface area (Å²) in [6.45, 7) is 0. The lowest BCUT2D eigenvalue weighted by atomic mass is 9.81. The quantitative estimate of drug-likeness (QED) is 0.503. The van der Waals surface area contributed by atoms with Crippen molar-refractivity contribution >= 4 is 0 Å². The molecule has 1 nitrogen and oxygen atoms in total. The zero-order chi connectivity index (χ0) is 18.3. The van der Waals surface area contributed by atoms with Gasteiger partial charge in [-0.2, -0.15) is 0 Å². The van der Waals surface area contributed by atoms with E-state index in [0.29, 0.717) is 6.04 Å². The maximum atomic E-state index is 4.12. The summed E-state index contributed by atoms with van der Waals surface area (Å²) in [6.07, 6.45) is 31.5. The van der Waals surface area contributed by atoms with Gasteiger partial charge in [-0.25, -0.2) is 0 Å². The van der Waals surface area contributed by atoms with Gasteiger partial charge in [-0.1, -0.05) is 83.1 Å². The number of hydrogen-bond acceptors (Lipinski definition) is 1.